The van der Waals surface area contributed by atoms with Crippen molar-refractivity contribution < 1.29 is 18.7 Å². The van der Waals surface area contributed by atoms with Crippen molar-refractivity contribution in [3.8, 4) is 22.8 Å². The molecule has 0 unspecified atom stereocenters. The Labute approximate surface area is 197 Å². The van der Waals surface area contributed by atoms with E-state index in [2.05, 4.69) is 25.3 Å². The van der Waals surface area contributed by atoms with Crippen LogP contribution in [-0.4, -0.2) is 30.9 Å². The van der Waals surface area contributed by atoms with Gasteiger partial charge in [0.2, 0.25) is 0 Å². The van der Waals surface area contributed by atoms with Gasteiger partial charge in [-0.1, -0.05) is 18.2 Å². The quantitative estimate of drug-likeness (QED) is 0.302. The second kappa shape index (κ2) is 8.92. The Bertz CT molecular complexity index is 1560. The van der Waals surface area contributed by atoms with E-state index >= 15 is 0 Å². The zero-order chi connectivity index (χ0) is 24.5. The highest BCUT2D eigenvalue weighted by Crippen LogP contribution is 2.27. The Kier molecular flexibility index (Phi) is 5.63. The van der Waals surface area contributed by atoms with Crippen LogP contribution in [0.25, 0.3) is 33.8 Å². The Morgan fingerprint density at radius 1 is 1.03 bits per heavy atom. The molecule has 0 aliphatic carbocycles. The minimum atomic E-state index is -0.794. The number of carbonyl (C=O) groups excluding carboxylic acids is 1. The number of halogens is 2. The number of carbonyl (C=O) groups is 1. The summed E-state index contributed by atoms with van der Waals surface area (Å²) < 4.78 is 26.8. The summed E-state index contributed by atoms with van der Waals surface area (Å²) in [5.41, 5.74) is 9.79. The molecule has 2 aromatic heterocycles. The van der Waals surface area contributed by atoms with Gasteiger partial charge in [-0.3, -0.25) is 4.79 Å². The number of rotatable bonds is 5. The molecule has 5 rings (SSSR count). The predicted molar refractivity (Wildman–Crippen MR) is 127 cm³/mol. The number of imidazole rings is 1. The maximum absolute atomic E-state index is 13.4. The fourth-order valence-corrected chi connectivity index (χ4v) is 3.63. The number of anilines is 2. The lowest BCUT2D eigenvalue weighted by Crippen LogP contribution is -2.12. The van der Waals surface area contributed by atoms with Crippen LogP contribution in [0.1, 0.15) is 15.9 Å². The van der Waals surface area contributed by atoms with Crippen molar-refractivity contribution in [2.45, 2.75) is 6.61 Å². The SMILES string of the molecule is Nc1ncc(-c2cccc(CO)c2)nc1-c1nc2ccc(C(=O)Nc3cc(F)cc(F)c3)cc2[nH]1. The van der Waals surface area contributed by atoms with Crippen LogP contribution < -0.4 is 11.1 Å². The molecule has 0 atom stereocenters. The topological polar surface area (TPSA) is 130 Å². The van der Waals surface area contributed by atoms with Crippen LogP contribution in [0.4, 0.5) is 20.3 Å². The molecule has 0 aliphatic heterocycles. The number of amides is 1. The second-order valence-electron chi connectivity index (χ2n) is 7.78. The van der Waals surface area contributed by atoms with Crippen molar-refractivity contribution in [3.63, 3.8) is 0 Å². The summed E-state index contributed by atoms with van der Waals surface area (Å²) in [6.07, 6.45) is 1.54. The number of aromatic amines is 1. The smallest absolute Gasteiger partial charge is 0.255 e. The third kappa shape index (κ3) is 4.55. The van der Waals surface area contributed by atoms with Gasteiger partial charge in [0.05, 0.1) is 29.5 Å². The van der Waals surface area contributed by atoms with Crippen molar-refractivity contribution in [2.24, 2.45) is 0 Å². The van der Waals surface area contributed by atoms with E-state index in [4.69, 9.17) is 5.73 Å². The molecule has 0 fully saturated rings. The first-order chi connectivity index (χ1) is 16.9. The number of aromatic nitrogens is 4. The third-order valence-corrected chi connectivity index (χ3v) is 5.29. The fraction of sp³-hybridized carbons (Fsp3) is 0.0400. The summed E-state index contributed by atoms with van der Waals surface area (Å²) in [5.74, 6) is -1.61. The summed E-state index contributed by atoms with van der Waals surface area (Å²) in [6.45, 7) is -0.100. The van der Waals surface area contributed by atoms with Crippen LogP contribution in [0.5, 0.6) is 0 Å². The molecule has 174 valence electrons. The molecule has 5 aromatic rings. The molecule has 2 heterocycles. The molecule has 8 nitrogen and oxygen atoms in total. The van der Waals surface area contributed by atoms with E-state index in [1.165, 1.54) is 6.20 Å². The van der Waals surface area contributed by atoms with E-state index in [1.54, 1.807) is 30.3 Å². The standard InChI is InChI=1S/C25H18F2N6O2/c26-16-8-17(27)10-18(9-16)30-25(35)15-4-5-19-20(7-15)33-24(32-19)22-23(28)29-11-21(31-22)14-3-1-2-13(6-14)12-34/h1-11,34H,12H2,(H2,28,29)(H,30,35)(H,32,33). The van der Waals surface area contributed by atoms with E-state index in [0.717, 1.165) is 29.3 Å². The van der Waals surface area contributed by atoms with Gasteiger partial charge in [-0.15, -0.1) is 0 Å². The molecule has 1 amide bonds. The van der Waals surface area contributed by atoms with Crippen LogP contribution >= 0.6 is 0 Å². The summed E-state index contributed by atoms with van der Waals surface area (Å²) in [6, 6.07) is 14.8. The molecule has 0 bridgehead atoms. The predicted octanol–water partition coefficient (Wildman–Crippen LogP) is 4.29. The maximum atomic E-state index is 13.4. The monoisotopic (exact) mass is 472 g/mol. The number of nitrogen functional groups attached to an aromatic ring is 1. The summed E-state index contributed by atoms with van der Waals surface area (Å²) in [7, 11) is 0. The summed E-state index contributed by atoms with van der Waals surface area (Å²) >= 11 is 0. The first-order valence-electron chi connectivity index (χ1n) is 10.5. The van der Waals surface area contributed by atoms with Crippen molar-refractivity contribution in [3.05, 3.63) is 89.6 Å². The van der Waals surface area contributed by atoms with Gasteiger partial charge in [0, 0.05) is 22.9 Å². The normalized spacial score (nSPS) is 11.1. The van der Waals surface area contributed by atoms with E-state index in [1.807, 2.05) is 12.1 Å². The van der Waals surface area contributed by atoms with Crippen molar-refractivity contribution in [1.82, 2.24) is 19.9 Å². The molecule has 0 radical (unpaired) electrons. The number of aliphatic hydroxyl groups is 1. The Hall–Kier alpha value is -4.70. The van der Waals surface area contributed by atoms with Crippen molar-refractivity contribution in [1.29, 1.82) is 0 Å². The van der Waals surface area contributed by atoms with Crippen LogP contribution in [0.2, 0.25) is 0 Å². The number of benzene rings is 3. The molecule has 0 aliphatic rings. The second-order valence-corrected chi connectivity index (χ2v) is 7.78. The minimum Gasteiger partial charge on any atom is -0.392 e. The molecule has 35 heavy (non-hydrogen) atoms. The number of H-pyrrole nitrogens is 1. The lowest BCUT2D eigenvalue weighted by molar-refractivity contribution is 0.102. The van der Waals surface area contributed by atoms with E-state index in [9.17, 15) is 18.7 Å². The van der Waals surface area contributed by atoms with Gasteiger partial charge in [0.15, 0.2) is 11.6 Å². The van der Waals surface area contributed by atoms with Crippen LogP contribution in [-0.2, 0) is 6.61 Å². The number of hydrogen-bond donors (Lipinski definition) is 4. The van der Waals surface area contributed by atoms with E-state index in [0.29, 0.717) is 28.2 Å². The first-order valence-corrected chi connectivity index (χ1v) is 10.5. The van der Waals surface area contributed by atoms with Gasteiger partial charge in [0.1, 0.15) is 17.3 Å². The Morgan fingerprint density at radius 2 is 1.83 bits per heavy atom. The average Bonchev–Trinajstić information content (AvgIpc) is 3.27. The average molecular weight is 472 g/mol. The number of nitrogens with one attached hydrogen (secondary N) is 2. The van der Waals surface area contributed by atoms with E-state index < -0.39 is 17.5 Å². The Balaban J connectivity index is 1.47. The first kappa shape index (κ1) is 22.1. The lowest BCUT2D eigenvalue weighted by atomic mass is 10.1. The van der Waals surface area contributed by atoms with Crippen LogP contribution in [0, 0.1) is 11.6 Å². The maximum Gasteiger partial charge on any atom is 0.255 e. The van der Waals surface area contributed by atoms with Gasteiger partial charge in [-0.25, -0.2) is 23.7 Å². The van der Waals surface area contributed by atoms with Crippen molar-refractivity contribution in [2.75, 3.05) is 11.1 Å². The summed E-state index contributed by atoms with van der Waals surface area (Å²) in [4.78, 5) is 29.1. The molecule has 5 N–H and O–H groups in total. The van der Waals surface area contributed by atoms with Gasteiger partial charge >= 0.3 is 0 Å². The van der Waals surface area contributed by atoms with Gasteiger partial charge < -0.3 is 21.1 Å². The molecule has 10 heteroatoms. The van der Waals surface area contributed by atoms with Gasteiger partial charge in [-0.2, -0.15) is 0 Å². The molecular formula is C25H18F2N6O2. The highest BCUT2D eigenvalue weighted by molar-refractivity contribution is 6.06. The number of nitrogens with zero attached hydrogens (tertiary/aromatic N) is 3. The molecule has 0 saturated carbocycles. The van der Waals surface area contributed by atoms with Gasteiger partial charge in [-0.05, 0) is 42.0 Å². The molecular weight excluding hydrogens is 454 g/mol. The van der Waals surface area contributed by atoms with Crippen molar-refractivity contribution >= 4 is 28.4 Å². The zero-order valence-electron chi connectivity index (χ0n) is 18.1. The van der Waals surface area contributed by atoms with E-state index in [-0.39, 0.29) is 23.7 Å². The van der Waals surface area contributed by atoms with Crippen LogP contribution in [0.3, 0.4) is 0 Å². The lowest BCUT2D eigenvalue weighted by Gasteiger charge is -2.06. The molecule has 3 aromatic carbocycles. The fourth-order valence-electron chi connectivity index (χ4n) is 3.63. The number of fused-ring (bicyclic) bond motifs is 1. The minimum absolute atomic E-state index is 0.00280. The number of nitrogens with two attached hydrogens (primary N) is 1. The van der Waals surface area contributed by atoms with Gasteiger partial charge in [0.25, 0.3) is 5.91 Å². The number of hydrogen-bond acceptors (Lipinski definition) is 6. The van der Waals surface area contributed by atoms with Crippen LogP contribution in [0.15, 0.2) is 66.9 Å². The third-order valence-electron chi connectivity index (χ3n) is 5.29. The highest BCUT2D eigenvalue weighted by Gasteiger charge is 2.15. The molecule has 0 saturated heterocycles. The largest absolute Gasteiger partial charge is 0.392 e. The zero-order valence-corrected chi connectivity index (χ0v) is 18.1. The number of aliphatic hydroxyl groups excluding tert-OH is 1. The molecule has 0 spiro atoms. The Morgan fingerprint density at radius 3 is 2.60 bits per heavy atom. The summed E-state index contributed by atoms with van der Waals surface area (Å²) in [5, 5.41) is 11.9. The highest BCUT2D eigenvalue weighted by atomic mass is 19.1.